The third-order valence-corrected chi connectivity index (χ3v) is 5.18. The molecule has 4 nitrogen and oxygen atoms in total. The lowest BCUT2D eigenvalue weighted by Crippen LogP contribution is -2.28. The molecule has 0 saturated carbocycles. The molecule has 0 aromatic heterocycles. The fourth-order valence-corrected chi connectivity index (χ4v) is 3.79. The van der Waals surface area contributed by atoms with E-state index < -0.39 is 0 Å². The van der Waals surface area contributed by atoms with Crippen LogP contribution in [0.4, 0.5) is 0 Å². The monoisotopic (exact) mass is 344 g/mol. The first-order chi connectivity index (χ1) is 11.8. The number of carbonyl (C=O) groups is 1. The second-order valence-corrected chi connectivity index (χ2v) is 7.14. The molecule has 0 radical (unpaired) electrons. The van der Waals surface area contributed by atoms with E-state index in [0.717, 1.165) is 42.6 Å². The van der Waals surface area contributed by atoms with Crippen LogP contribution in [0.1, 0.15) is 44.6 Å². The lowest BCUT2D eigenvalue weighted by Gasteiger charge is -2.20. The predicted molar refractivity (Wildman–Crippen MR) is 100 cm³/mol. The standard InChI is InChI=1S/C19H24N2O2S/c1-2-13-23-16-9-7-15(8-10-16)14-17-18(22)20-19(24-17)21-11-5-3-4-6-12-21/h7-10,14H,2-6,11-13H2,1H3/b17-14+. The van der Waals surface area contributed by atoms with Crippen molar-refractivity contribution < 1.29 is 9.53 Å². The van der Waals surface area contributed by atoms with Crippen molar-refractivity contribution in [3.63, 3.8) is 0 Å². The van der Waals surface area contributed by atoms with Crippen LogP contribution >= 0.6 is 11.8 Å². The van der Waals surface area contributed by atoms with E-state index >= 15 is 0 Å². The van der Waals surface area contributed by atoms with Gasteiger partial charge in [-0.05, 0) is 54.8 Å². The van der Waals surface area contributed by atoms with Crippen LogP contribution in [0.25, 0.3) is 6.08 Å². The first kappa shape index (κ1) is 17.1. The maximum Gasteiger partial charge on any atom is 0.286 e. The second kappa shape index (κ2) is 8.38. The third kappa shape index (κ3) is 4.41. The molecule has 5 heteroatoms. The molecule has 1 amide bonds. The lowest BCUT2D eigenvalue weighted by molar-refractivity contribution is -0.113. The van der Waals surface area contributed by atoms with Crippen LogP contribution in [0.3, 0.4) is 0 Å². The van der Waals surface area contributed by atoms with Crippen LogP contribution in [0.15, 0.2) is 34.2 Å². The van der Waals surface area contributed by atoms with E-state index in [2.05, 4.69) is 16.8 Å². The minimum atomic E-state index is -0.120. The smallest absolute Gasteiger partial charge is 0.286 e. The Balaban J connectivity index is 1.65. The van der Waals surface area contributed by atoms with Crippen LogP contribution in [0.2, 0.25) is 0 Å². The van der Waals surface area contributed by atoms with Crippen molar-refractivity contribution in [3.05, 3.63) is 34.7 Å². The number of hydrogen-bond donors (Lipinski definition) is 0. The number of likely N-dealkylation sites (tertiary alicyclic amines) is 1. The average molecular weight is 344 g/mol. The third-order valence-electron chi connectivity index (χ3n) is 4.14. The van der Waals surface area contributed by atoms with Crippen molar-refractivity contribution in [1.29, 1.82) is 0 Å². The summed E-state index contributed by atoms with van der Waals surface area (Å²) >= 11 is 1.50. The van der Waals surface area contributed by atoms with Gasteiger partial charge in [-0.1, -0.05) is 31.9 Å². The van der Waals surface area contributed by atoms with Gasteiger partial charge in [-0.3, -0.25) is 4.79 Å². The van der Waals surface area contributed by atoms with E-state index in [9.17, 15) is 4.79 Å². The molecule has 0 unspecified atom stereocenters. The maximum absolute atomic E-state index is 12.2. The van der Waals surface area contributed by atoms with Gasteiger partial charge in [-0.2, -0.15) is 4.99 Å². The molecule has 2 aliphatic rings. The molecule has 0 aliphatic carbocycles. The normalized spacial score (nSPS) is 20.2. The summed E-state index contributed by atoms with van der Waals surface area (Å²) in [5.41, 5.74) is 1.00. The number of rotatable bonds is 4. The van der Waals surface area contributed by atoms with E-state index in [1.54, 1.807) is 0 Å². The highest BCUT2D eigenvalue weighted by molar-refractivity contribution is 8.18. The molecule has 3 rings (SSSR count). The number of carbonyl (C=O) groups excluding carboxylic acids is 1. The molecular formula is C19H24N2O2S. The van der Waals surface area contributed by atoms with Crippen molar-refractivity contribution in [3.8, 4) is 5.75 Å². The van der Waals surface area contributed by atoms with Crippen molar-refractivity contribution >= 4 is 28.9 Å². The SMILES string of the molecule is CCCOc1ccc(/C=C2/SC(N3CCCCCC3)=NC2=O)cc1. The van der Waals surface area contributed by atoms with Crippen LogP contribution in [-0.4, -0.2) is 35.7 Å². The quantitative estimate of drug-likeness (QED) is 0.763. The fraction of sp³-hybridized carbons (Fsp3) is 0.474. The van der Waals surface area contributed by atoms with E-state index in [-0.39, 0.29) is 5.91 Å². The number of thioether (sulfide) groups is 1. The molecule has 128 valence electrons. The van der Waals surface area contributed by atoms with Crippen LogP contribution < -0.4 is 4.74 Å². The van der Waals surface area contributed by atoms with E-state index in [1.165, 1.54) is 37.4 Å². The zero-order chi connectivity index (χ0) is 16.8. The van der Waals surface area contributed by atoms with Gasteiger partial charge in [0.2, 0.25) is 0 Å². The lowest BCUT2D eigenvalue weighted by atomic mass is 10.2. The average Bonchev–Trinajstić information content (AvgIpc) is 2.80. The summed E-state index contributed by atoms with van der Waals surface area (Å²) in [7, 11) is 0. The second-order valence-electron chi connectivity index (χ2n) is 6.13. The van der Waals surface area contributed by atoms with Crippen LogP contribution in [0.5, 0.6) is 5.75 Å². The van der Waals surface area contributed by atoms with Gasteiger partial charge in [0, 0.05) is 13.1 Å². The van der Waals surface area contributed by atoms with Gasteiger partial charge in [0.25, 0.3) is 5.91 Å². The molecule has 24 heavy (non-hydrogen) atoms. The van der Waals surface area contributed by atoms with Crippen LogP contribution in [0, 0.1) is 0 Å². The summed E-state index contributed by atoms with van der Waals surface area (Å²) in [5, 5.41) is 0.871. The van der Waals surface area contributed by atoms with E-state index in [1.807, 2.05) is 30.3 Å². The number of hydrogen-bond acceptors (Lipinski definition) is 4. The number of aliphatic imine (C=N–C) groups is 1. The Morgan fingerprint density at radius 2 is 1.88 bits per heavy atom. The van der Waals surface area contributed by atoms with Crippen molar-refractivity contribution in [1.82, 2.24) is 4.90 Å². The molecular weight excluding hydrogens is 320 g/mol. The Morgan fingerprint density at radius 3 is 2.54 bits per heavy atom. The molecule has 0 bridgehead atoms. The molecule has 2 aliphatic heterocycles. The Morgan fingerprint density at radius 1 is 1.17 bits per heavy atom. The van der Waals surface area contributed by atoms with E-state index in [0.29, 0.717) is 4.91 Å². The topological polar surface area (TPSA) is 41.9 Å². The highest BCUT2D eigenvalue weighted by Crippen LogP contribution is 2.31. The number of amides is 1. The zero-order valence-electron chi connectivity index (χ0n) is 14.2. The zero-order valence-corrected chi connectivity index (χ0v) is 15.0. The van der Waals surface area contributed by atoms with Gasteiger partial charge >= 0.3 is 0 Å². The van der Waals surface area contributed by atoms with Crippen molar-refractivity contribution in [2.24, 2.45) is 4.99 Å². The Kier molecular flexibility index (Phi) is 5.96. The highest BCUT2D eigenvalue weighted by Gasteiger charge is 2.26. The molecule has 0 spiro atoms. The van der Waals surface area contributed by atoms with Crippen molar-refractivity contribution in [2.75, 3.05) is 19.7 Å². The molecule has 0 atom stereocenters. The van der Waals surface area contributed by atoms with Gasteiger partial charge in [-0.25, -0.2) is 0 Å². The van der Waals surface area contributed by atoms with E-state index in [4.69, 9.17) is 4.74 Å². The molecule has 1 saturated heterocycles. The summed E-state index contributed by atoms with van der Waals surface area (Å²) in [6, 6.07) is 7.86. The summed E-state index contributed by atoms with van der Waals surface area (Å²) in [6.45, 7) is 4.83. The van der Waals surface area contributed by atoms with Crippen LogP contribution in [-0.2, 0) is 4.79 Å². The van der Waals surface area contributed by atoms with Gasteiger partial charge in [0.1, 0.15) is 5.75 Å². The molecule has 1 aromatic rings. The van der Waals surface area contributed by atoms with Gasteiger partial charge < -0.3 is 9.64 Å². The first-order valence-corrected chi connectivity index (χ1v) is 9.58. The molecule has 1 fully saturated rings. The minimum Gasteiger partial charge on any atom is -0.494 e. The van der Waals surface area contributed by atoms with Gasteiger partial charge in [-0.15, -0.1) is 0 Å². The summed E-state index contributed by atoms with van der Waals surface area (Å²) in [4.78, 5) is 19.4. The molecule has 2 heterocycles. The summed E-state index contributed by atoms with van der Waals surface area (Å²) < 4.78 is 5.59. The number of benzene rings is 1. The molecule has 0 N–H and O–H groups in total. The predicted octanol–water partition coefficient (Wildman–Crippen LogP) is 4.32. The summed E-state index contributed by atoms with van der Waals surface area (Å²) in [6.07, 6.45) is 7.84. The first-order valence-electron chi connectivity index (χ1n) is 8.76. The fourth-order valence-electron chi connectivity index (χ4n) is 2.83. The molecule has 1 aromatic carbocycles. The Hall–Kier alpha value is -1.75. The number of nitrogens with zero attached hydrogens (tertiary/aromatic N) is 2. The number of ether oxygens (including phenoxy) is 1. The summed E-state index contributed by atoms with van der Waals surface area (Å²) in [5.74, 6) is 0.747. The van der Waals surface area contributed by atoms with Crippen molar-refractivity contribution in [2.45, 2.75) is 39.0 Å². The van der Waals surface area contributed by atoms with Gasteiger partial charge in [0.05, 0.1) is 11.5 Å². The highest BCUT2D eigenvalue weighted by atomic mass is 32.2. The maximum atomic E-state index is 12.2. The number of amidine groups is 1. The Bertz CT molecular complexity index is 629. The minimum absolute atomic E-state index is 0.120. The largest absolute Gasteiger partial charge is 0.494 e. The Labute approximate surface area is 148 Å². The van der Waals surface area contributed by atoms with Gasteiger partial charge in [0.15, 0.2) is 5.17 Å².